The van der Waals surface area contributed by atoms with Crippen LogP contribution in [0.1, 0.15) is 65.7 Å². The van der Waals surface area contributed by atoms with Crippen molar-refractivity contribution in [2.24, 2.45) is 0 Å². The number of hydrogen-bond donors (Lipinski definition) is 0. The number of nitrogens with zero attached hydrogens (tertiary/aromatic N) is 2. The average Bonchev–Trinajstić information content (AvgIpc) is 3.36. The number of rotatable bonds is 3. The molecule has 3 heterocycles. The maximum absolute atomic E-state index is 13.9. The molecule has 3 aromatic rings. The summed E-state index contributed by atoms with van der Waals surface area (Å²) in [5.74, 6) is 1.35. The van der Waals surface area contributed by atoms with Crippen molar-refractivity contribution in [3.05, 3.63) is 93.4 Å². The number of benzene rings is 2. The van der Waals surface area contributed by atoms with E-state index in [1.165, 1.54) is 5.56 Å². The largest absolute Gasteiger partial charge is 0.486 e. The van der Waals surface area contributed by atoms with Crippen LogP contribution in [0.5, 0.6) is 11.5 Å². The summed E-state index contributed by atoms with van der Waals surface area (Å²) in [4.78, 5) is 29.2. The first-order valence-corrected chi connectivity index (χ1v) is 12.5. The smallest absolute Gasteiger partial charge is 0.263 e. The minimum atomic E-state index is -0.248. The van der Waals surface area contributed by atoms with Gasteiger partial charge < -0.3 is 18.9 Å². The molecule has 1 atom stereocenters. The Bertz CT molecular complexity index is 1320. The Morgan fingerprint density at radius 2 is 1.71 bits per heavy atom. The van der Waals surface area contributed by atoms with E-state index in [9.17, 15) is 9.59 Å². The lowest BCUT2D eigenvalue weighted by Gasteiger charge is -2.46. The molecule has 2 aromatic carbocycles. The highest BCUT2D eigenvalue weighted by molar-refractivity contribution is 5.94. The van der Waals surface area contributed by atoms with E-state index in [0.717, 1.165) is 48.3 Å². The molecule has 0 N–H and O–H groups in total. The molecule has 3 aliphatic rings. The van der Waals surface area contributed by atoms with Gasteiger partial charge in [-0.15, -0.1) is 0 Å². The summed E-state index contributed by atoms with van der Waals surface area (Å²) in [5, 5.41) is 0. The highest BCUT2D eigenvalue weighted by Crippen LogP contribution is 2.52. The second-order valence-corrected chi connectivity index (χ2v) is 10.0. The van der Waals surface area contributed by atoms with E-state index in [-0.39, 0.29) is 28.5 Å². The molecule has 6 nitrogen and oxygen atoms in total. The summed E-state index contributed by atoms with van der Waals surface area (Å²) in [5.41, 5.74) is 3.29. The number of ether oxygens (including phenoxy) is 2. The van der Waals surface area contributed by atoms with Crippen LogP contribution >= 0.6 is 0 Å². The monoisotopic (exact) mass is 470 g/mol. The molecule has 1 saturated carbocycles. The zero-order chi connectivity index (χ0) is 24.0. The maximum atomic E-state index is 13.9. The second kappa shape index (κ2) is 8.59. The summed E-state index contributed by atoms with van der Waals surface area (Å²) >= 11 is 0. The molecule has 2 aliphatic heterocycles. The van der Waals surface area contributed by atoms with Crippen molar-refractivity contribution in [1.29, 1.82) is 0 Å². The van der Waals surface area contributed by atoms with Crippen LogP contribution < -0.4 is 15.0 Å². The molecule has 1 unspecified atom stereocenters. The standard InChI is InChI=1S/C29H30N2O4/c1-20-23-16-25-26(35-15-14-34-25)17-24(23)29(11-5-6-12-29)19-31(20)28(33)22-10-7-13-30(27(22)32)18-21-8-3-2-4-9-21/h2-4,7-10,13,16-17,20H,5-6,11-12,14-15,18-19H2,1H3. The Morgan fingerprint density at radius 1 is 1.00 bits per heavy atom. The molecular weight excluding hydrogens is 440 g/mol. The molecule has 1 aliphatic carbocycles. The van der Waals surface area contributed by atoms with Gasteiger partial charge in [0.05, 0.1) is 12.6 Å². The predicted molar refractivity (Wildman–Crippen MR) is 133 cm³/mol. The Morgan fingerprint density at radius 3 is 2.46 bits per heavy atom. The van der Waals surface area contributed by atoms with E-state index < -0.39 is 0 Å². The highest BCUT2D eigenvalue weighted by atomic mass is 16.6. The Hall–Kier alpha value is -3.54. The highest BCUT2D eigenvalue weighted by Gasteiger charge is 2.46. The summed E-state index contributed by atoms with van der Waals surface area (Å²) in [7, 11) is 0. The van der Waals surface area contributed by atoms with E-state index in [0.29, 0.717) is 26.3 Å². The second-order valence-electron chi connectivity index (χ2n) is 10.0. The summed E-state index contributed by atoms with van der Waals surface area (Å²) in [6.07, 6.45) is 6.09. The van der Waals surface area contributed by atoms with Crippen LogP contribution in [0.15, 0.2) is 65.6 Å². The first kappa shape index (κ1) is 22.0. The topological polar surface area (TPSA) is 60.8 Å². The molecule has 1 spiro atoms. The van der Waals surface area contributed by atoms with E-state index in [1.807, 2.05) is 35.2 Å². The Labute approximate surface area is 205 Å². The van der Waals surface area contributed by atoms with Crippen LogP contribution in [0.4, 0.5) is 0 Å². The first-order valence-electron chi connectivity index (χ1n) is 12.5. The van der Waals surface area contributed by atoms with Crippen LogP contribution in [0, 0.1) is 0 Å². The molecule has 180 valence electrons. The molecule has 1 fully saturated rings. The Balaban J connectivity index is 1.38. The van der Waals surface area contributed by atoms with E-state index in [1.54, 1.807) is 22.9 Å². The van der Waals surface area contributed by atoms with Gasteiger partial charge in [0.2, 0.25) is 0 Å². The summed E-state index contributed by atoms with van der Waals surface area (Å²) < 4.78 is 13.4. The number of carbonyl (C=O) groups is 1. The van der Waals surface area contributed by atoms with Crippen LogP contribution in [0.2, 0.25) is 0 Å². The lowest BCUT2D eigenvalue weighted by molar-refractivity contribution is 0.0590. The van der Waals surface area contributed by atoms with E-state index >= 15 is 0 Å². The SMILES string of the molecule is CC1c2cc3c(cc2C2(CCCC2)CN1C(=O)c1cccn(Cc2ccccc2)c1=O)OCCO3. The van der Waals surface area contributed by atoms with Crippen LogP contribution in [0.3, 0.4) is 0 Å². The number of carbonyl (C=O) groups excluding carboxylic acids is 1. The van der Waals surface area contributed by atoms with Crippen molar-refractivity contribution in [2.75, 3.05) is 19.8 Å². The van der Waals surface area contributed by atoms with Gasteiger partial charge in [-0.1, -0.05) is 43.2 Å². The van der Waals surface area contributed by atoms with Crippen LogP contribution in [-0.4, -0.2) is 35.1 Å². The van der Waals surface area contributed by atoms with Crippen LogP contribution in [0.25, 0.3) is 0 Å². The van der Waals surface area contributed by atoms with Gasteiger partial charge >= 0.3 is 0 Å². The minimum absolute atomic E-state index is 0.106. The lowest BCUT2D eigenvalue weighted by atomic mass is 9.71. The third-order valence-electron chi connectivity index (χ3n) is 7.94. The number of fused-ring (bicyclic) bond motifs is 3. The molecule has 1 amide bonds. The molecule has 35 heavy (non-hydrogen) atoms. The third-order valence-corrected chi connectivity index (χ3v) is 7.94. The minimum Gasteiger partial charge on any atom is -0.486 e. The van der Waals surface area contributed by atoms with Gasteiger partial charge in [0.25, 0.3) is 11.5 Å². The number of hydrogen-bond acceptors (Lipinski definition) is 4. The van der Waals surface area contributed by atoms with Crippen molar-refractivity contribution in [3.8, 4) is 11.5 Å². The quantitative estimate of drug-likeness (QED) is 0.557. The van der Waals surface area contributed by atoms with Gasteiger partial charge in [-0.3, -0.25) is 9.59 Å². The molecule has 0 bridgehead atoms. The molecule has 6 rings (SSSR count). The lowest BCUT2D eigenvalue weighted by Crippen LogP contribution is -2.49. The molecule has 0 radical (unpaired) electrons. The fraction of sp³-hybridized carbons (Fsp3) is 0.379. The van der Waals surface area contributed by atoms with Crippen LogP contribution in [-0.2, 0) is 12.0 Å². The van der Waals surface area contributed by atoms with Gasteiger partial charge in [0, 0.05) is 18.2 Å². The van der Waals surface area contributed by atoms with Gasteiger partial charge in [0.15, 0.2) is 11.5 Å². The fourth-order valence-corrected chi connectivity index (χ4v) is 6.11. The average molecular weight is 471 g/mol. The number of aromatic nitrogens is 1. The summed E-state index contributed by atoms with van der Waals surface area (Å²) in [6, 6.07) is 17.4. The van der Waals surface area contributed by atoms with Gasteiger partial charge in [-0.05, 0) is 60.7 Å². The van der Waals surface area contributed by atoms with E-state index in [4.69, 9.17) is 9.47 Å². The van der Waals surface area contributed by atoms with E-state index in [2.05, 4.69) is 19.1 Å². The van der Waals surface area contributed by atoms with Gasteiger partial charge in [-0.2, -0.15) is 0 Å². The molecule has 1 aromatic heterocycles. The fourth-order valence-electron chi connectivity index (χ4n) is 6.11. The zero-order valence-corrected chi connectivity index (χ0v) is 20.0. The van der Waals surface area contributed by atoms with Gasteiger partial charge in [-0.25, -0.2) is 0 Å². The zero-order valence-electron chi connectivity index (χ0n) is 20.0. The van der Waals surface area contributed by atoms with Crippen molar-refractivity contribution < 1.29 is 14.3 Å². The molecular formula is C29H30N2O4. The van der Waals surface area contributed by atoms with Crippen molar-refractivity contribution in [3.63, 3.8) is 0 Å². The maximum Gasteiger partial charge on any atom is 0.263 e. The number of amides is 1. The van der Waals surface area contributed by atoms with Crippen molar-refractivity contribution in [2.45, 2.75) is 50.6 Å². The predicted octanol–water partition coefficient (Wildman–Crippen LogP) is 4.70. The Kier molecular flexibility index (Phi) is 5.39. The molecule has 6 heteroatoms. The molecule has 0 saturated heterocycles. The van der Waals surface area contributed by atoms with Crippen molar-refractivity contribution >= 4 is 5.91 Å². The van der Waals surface area contributed by atoms with Crippen molar-refractivity contribution in [1.82, 2.24) is 9.47 Å². The number of pyridine rings is 1. The third kappa shape index (κ3) is 3.72. The normalized spacial score (nSPS) is 20.0. The van der Waals surface area contributed by atoms with Gasteiger partial charge in [0.1, 0.15) is 18.8 Å². The summed E-state index contributed by atoms with van der Waals surface area (Å²) in [6.45, 7) is 4.19. The first-order chi connectivity index (χ1) is 17.1.